The van der Waals surface area contributed by atoms with E-state index in [1.807, 2.05) is 0 Å². The molecule has 0 aromatic carbocycles. The van der Waals surface area contributed by atoms with Gasteiger partial charge in [-0.1, -0.05) is 12.1 Å². The van der Waals surface area contributed by atoms with Gasteiger partial charge in [-0.15, -0.1) is 0 Å². The van der Waals surface area contributed by atoms with Crippen molar-refractivity contribution in [3.8, 4) is 11.3 Å². The van der Waals surface area contributed by atoms with E-state index in [4.69, 9.17) is 4.52 Å². The second-order valence-corrected chi connectivity index (χ2v) is 6.34. The lowest BCUT2D eigenvalue weighted by molar-refractivity contribution is -0.146. The molecule has 0 unspecified atom stereocenters. The molecule has 24 heavy (non-hydrogen) atoms. The van der Waals surface area contributed by atoms with E-state index in [-0.39, 0.29) is 5.69 Å². The van der Waals surface area contributed by atoms with Gasteiger partial charge < -0.3 is 14.9 Å². The third-order valence-corrected chi connectivity index (χ3v) is 4.58. The summed E-state index contributed by atoms with van der Waals surface area (Å²) in [5.74, 6) is -0.655. The van der Waals surface area contributed by atoms with Crippen LogP contribution in [0.4, 0.5) is 0 Å². The summed E-state index contributed by atoms with van der Waals surface area (Å²) in [7, 11) is 0. The Balaban J connectivity index is 1.77. The lowest BCUT2D eigenvalue weighted by atomic mass is 9.77. The average molecular weight is 329 g/mol. The van der Waals surface area contributed by atoms with Crippen molar-refractivity contribution in [1.29, 1.82) is 0 Å². The Morgan fingerprint density at radius 3 is 2.75 bits per heavy atom. The number of aliphatic carboxylic acids is 1. The number of nitrogens with zero attached hydrogens (tertiary/aromatic N) is 2. The van der Waals surface area contributed by atoms with E-state index in [0.717, 1.165) is 12.8 Å². The molecule has 3 rings (SSSR count). The van der Waals surface area contributed by atoms with Gasteiger partial charge in [-0.3, -0.25) is 9.78 Å². The van der Waals surface area contributed by atoms with E-state index in [1.165, 1.54) is 6.07 Å². The number of carbonyl (C=O) groups is 2. The monoisotopic (exact) mass is 329 g/mol. The van der Waals surface area contributed by atoms with E-state index in [9.17, 15) is 14.7 Å². The van der Waals surface area contributed by atoms with Crippen molar-refractivity contribution in [2.75, 3.05) is 0 Å². The minimum atomic E-state index is -1.23. The van der Waals surface area contributed by atoms with Crippen molar-refractivity contribution in [2.45, 2.75) is 38.1 Å². The van der Waals surface area contributed by atoms with Gasteiger partial charge in [-0.2, -0.15) is 0 Å². The van der Waals surface area contributed by atoms with Crippen molar-refractivity contribution in [3.63, 3.8) is 0 Å². The van der Waals surface area contributed by atoms with Crippen molar-refractivity contribution in [3.05, 3.63) is 36.3 Å². The number of pyridine rings is 1. The van der Waals surface area contributed by atoms with Crippen LogP contribution in [0.5, 0.6) is 0 Å². The minimum absolute atomic E-state index is 0.0631. The molecule has 0 atom stereocenters. The van der Waals surface area contributed by atoms with E-state index in [0.29, 0.717) is 30.1 Å². The average Bonchev–Trinajstić information content (AvgIpc) is 3.08. The molecule has 7 heteroatoms. The molecule has 126 valence electrons. The summed E-state index contributed by atoms with van der Waals surface area (Å²) in [6, 6.07) is 5.03. The number of aromatic nitrogens is 2. The van der Waals surface area contributed by atoms with Crippen LogP contribution in [0, 0.1) is 5.92 Å². The lowest BCUT2D eigenvalue weighted by Gasteiger charge is -2.36. The maximum atomic E-state index is 12.4. The largest absolute Gasteiger partial charge is 0.480 e. The zero-order valence-corrected chi connectivity index (χ0v) is 13.4. The van der Waals surface area contributed by atoms with Crippen molar-refractivity contribution in [1.82, 2.24) is 15.5 Å². The first kappa shape index (κ1) is 16.2. The number of hydrogen-bond acceptors (Lipinski definition) is 5. The molecular weight excluding hydrogens is 310 g/mol. The second-order valence-electron chi connectivity index (χ2n) is 6.34. The van der Waals surface area contributed by atoms with Crippen LogP contribution in [-0.2, 0) is 4.79 Å². The Labute approximate surface area is 139 Å². The molecule has 0 spiro atoms. The predicted octanol–water partition coefficient (Wildman–Crippen LogP) is 2.50. The van der Waals surface area contributed by atoms with Gasteiger partial charge in [0, 0.05) is 24.0 Å². The van der Waals surface area contributed by atoms with Gasteiger partial charge in [-0.25, -0.2) is 4.79 Å². The Bertz CT molecular complexity index is 733. The first-order chi connectivity index (χ1) is 11.5. The molecule has 2 aromatic rings. The van der Waals surface area contributed by atoms with E-state index < -0.39 is 17.4 Å². The highest BCUT2D eigenvalue weighted by Crippen LogP contribution is 2.32. The topological polar surface area (TPSA) is 105 Å². The third-order valence-electron chi connectivity index (χ3n) is 4.58. The molecule has 2 heterocycles. The highest BCUT2D eigenvalue weighted by Gasteiger charge is 2.43. The van der Waals surface area contributed by atoms with Crippen LogP contribution < -0.4 is 5.32 Å². The number of carboxylic acid groups (broad SMARTS) is 1. The summed E-state index contributed by atoms with van der Waals surface area (Å²) in [5.41, 5.74) is -0.464. The van der Waals surface area contributed by atoms with E-state index in [2.05, 4.69) is 22.4 Å². The minimum Gasteiger partial charge on any atom is -0.480 e. The lowest BCUT2D eigenvalue weighted by Crippen LogP contribution is -2.56. The smallest absolute Gasteiger partial charge is 0.329 e. The fourth-order valence-corrected chi connectivity index (χ4v) is 2.96. The summed E-state index contributed by atoms with van der Waals surface area (Å²) in [6.45, 7) is 2.09. The summed E-state index contributed by atoms with van der Waals surface area (Å²) < 4.78 is 5.17. The Hall–Kier alpha value is -2.70. The summed E-state index contributed by atoms with van der Waals surface area (Å²) in [5, 5.41) is 16.0. The molecule has 1 aliphatic rings. The molecule has 1 fully saturated rings. The van der Waals surface area contributed by atoms with Crippen molar-refractivity contribution >= 4 is 11.9 Å². The van der Waals surface area contributed by atoms with Gasteiger partial charge in [0.25, 0.3) is 5.91 Å². The first-order valence-corrected chi connectivity index (χ1v) is 7.93. The predicted molar refractivity (Wildman–Crippen MR) is 85.2 cm³/mol. The van der Waals surface area contributed by atoms with Crippen LogP contribution in [-0.4, -0.2) is 32.7 Å². The number of hydrogen-bond donors (Lipinski definition) is 2. The zero-order chi connectivity index (χ0) is 17.2. The highest BCUT2D eigenvalue weighted by atomic mass is 16.5. The SMILES string of the molecule is CC1CCC(NC(=O)c2cc(-c3cccnc3)on2)(C(=O)O)CC1. The van der Waals surface area contributed by atoms with Gasteiger partial charge in [0.2, 0.25) is 0 Å². The molecular formula is C17H19N3O4. The van der Waals surface area contributed by atoms with Crippen LogP contribution >= 0.6 is 0 Å². The third kappa shape index (κ3) is 3.15. The van der Waals surface area contributed by atoms with Crippen LogP contribution in [0.25, 0.3) is 11.3 Å². The Morgan fingerprint density at radius 1 is 1.38 bits per heavy atom. The van der Waals surface area contributed by atoms with Crippen molar-refractivity contribution in [2.24, 2.45) is 5.92 Å². The highest BCUT2D eigenvalue weighted by molar-refractivity contribution is 5.97. The number of carbonyl (C=O) groups excluding carboxylic acids is 1. The zero-order valence-electron chi connectivity index (χ0n) is 13.4. The number of amides is 1. The molecule has 2 N–H and O–H groups in total. The molecule has 1 saturated carbocycles. The molecule has 7 nitrogen and oxygen atoms in total. The number of rotatable bonds is 4. The van der Waals surface area contributed by atoms with Gasteiger partial charge in [-0.05, 0) is 43.7 Å². The Kier molecular flexibility index (Phi) is 4.33. The van der Waals surface area contributed by atoms with E-state index >= 15 is 0 Å². The summed E-state index contributed by atoms with van der Waals surface area (Å²) in [6.07, 6.45) is 5.61. The van der Waals surface area contributed by atoms with Crippen LogP contribution in [0.3, 0.4) is 0 Å². The van der Waals surface area contributed by atoms with Crippen LogP contribution in [0.1, 0.15) is 43.1 Å². The fraction of sp³-hybridized carbons (Fsp3) is 0.412. The molecule has 0 bridgehead atoms. The fourth-order valence-electron chi connectivity index (χ4n) is 2.96. The quantitative estimate of drug-likeness (QED) is 0.893. The summed E-state index contributed by atoms with van der Waals surface area (Å²) >= 11 is 0. The first-order valence-electron chi connectivity index (χ1n) is 7.93. The van der Waals surface area contributed by atoms with Gasteiger partial charge in [0.05, 0.1) is 0 Å². The Morgan fingerprint density at radius 2 is 2.12 bits per heavy atom. The van der Waals surface area contributed by atoms with Gasteiger partial charge >= 0.3 is 5.97 Å². The van der Waals surface area contributed by atoms with Crippen LogP contribution in [0.15, 0.2) is 35.1 Å². The molecule has 0 radical (unpaired) electrons. The number of nitrogens with one attached hydrogen (secondary N) is 1. The maximum absolute atomic E-state index is 12.4. The standard InChI is InChI=1S/C17H19N3O4/c1-11-4-6-17(7-5-11,16(22)23)19-15(21)13-9-14(24-20-13)12-3-2-8-18-10-12/h2-3,8-11H,4-7H2,1H3,(H,19,21)(H,22,23). The van der Waals surface area contributed by atoms with Gasteiger partial charge in [0.15, 0.2) is 11.5 Å². The van der Waals surface area contributed by atoms with E-state index in [1.54, 1.807) is 24.5 Å². The van der Waals surface area contributed by atoms with Gasteiger partial charge in [0.1, 0.15) is 5.54 Å². The molecule has 0 aliphatic heterocycles. The summed E-state index contributed by atoms with van der Waals surface area (Å²) in [4.78, 5) is 28.1. The number of carboxylic acids is 1. The maximum Gasteiger partial charge on any atom is 0.329 e. The molecule has 1 amide bonds. The molecule has 2 aromatic heterocycles. The normalized spacial score (nSPS) is 23.6. The molecule has 1 aliphatic carbocycles. The van der Waals surface area contributed by atoms with Crippen LogP contribution in [0.2, 0.25) is 0 Å². The van der Waals surface area contributed by atoms with Crippen molar-refractivity contribution < 1.29 is 19.2 Å². The second kappa shape index (κ2) is 6.43. The molecule has 0 saturated heterocycles.